The van der Waals surface area contributed by atoms with Crippen LogP contribution in [0.4, 0.5) is 0 Å². The SMILES string of the molecule is CCCCCCCC1CCC(CCc2cnc(-c3ccc(C4CCC(CCCCCC)CC4)cc3)nc2)CC1. The lowest BCUT2D eigenvalue weighted by molar-refractivity contribution is 0.248. The van der Waals surface area contributed by atoms with Gasteiger partial charge in [0, 0.05) is 18.0 Å². The number of aromatic nitrogens is 2. The van der Waals surface area contributed by atoms with Gasteiger partial charge in [-0.3, -0.25) is 0 Å². The molecule has 2 aliphatic carbocycles. The Balaban J connectivity index is 1.14. The van der Waals surface area contributed by atoms with Gasteiger partial charge in [0.15, 0.2) is 5.82 Å². The summed E-state index contributed by atoms with van der Waals surface area (Å²) in [5.41, 5.74) is 3.98. The summed E-state index contributed by atoms with van der Waals surface area (Å²) in [7, 11) is 0. The lowest BCUT2D eigenvalue weighted by Crippen LogP contribution is -2.15. The maximum absolute atomic E-state index is 4.76. The van der Waals surface area contributed by atoms with Crippen LogP contribution in [0, 0.1) is 17.8 Å². The van der Waals surface area contributed by atoms with Crippen molar-refractivity contribution >= 4 is 0 Å². The molecule has 0 radical (unpaired) electrons. The standard InChI is InChI=1S/C37H58N2/c1-3-5-7-9-11-13-30-14-16-32(17-15-30)18-19-33-28-38-37(39-29-33)36-26-24-35(25-27-36)34-22-20-31(21-23-34)12-10-8-6-4-2/h24-32,34H,3-23H2,1-2H3. The molecule has 1 aromatic heterocycles. The Morgan fingerprint density at radius 1 is 0.564 bits per heavy atom. The van der Waals surface area contributed by atoms with Crippen LogP contribution in [-0.2, 0) is 6.42 Å². The first-order chi connectivity index (χ1) is 19.2. The van der Waals surface area contributed by atoms with Gasteiger partial charge in [-0.05, 0) is 73.3 Å². The van der Waals surface area contributed by atoms with Crippen molar-refractivity contribution < 1.29 is 0 Å². The van der Waals surface area contributed by atoms with Gasteiger partial charge in [-0.25, -0.2) is 9.97 Å². The van der Waals surface area contributed by atoms with Crippen LogP contribution in [0.5, 0.6) is 0 Å². The number of nitrogens with zero attached hydrogens (tertiary/aromatic N) is 2. The first-order valence-electron chi connectivity index (χ1n) is 17.2. The zero-order chi connectivity index (χ0) is 27.1. The molecule has 0 N–H and O–H groups in total. The fourth-order valence-corrected chi connectivity index (χ4v) is 7.40. The molecule has 39 heavy (non-hydrogen) atoms. The molecule has 2 saturated carbocycles. The van der Waals surface area contributed by atoms with Gasteiger partial charge >= 0.3 is 0 Å². The van der Waals surface area contributed by atoms with Crippen LogP contribution in [0.1, 0.15) is 159 Å². The van der Waals surface area contributed by atoms with E-state index < -0.39 is 0 Å². The highest BCUT2D eigenvalue weighted by molar-refractivity contribution is 5.55. The third-order valence-corrected chi connectivity index (χ3v) is 10.2. The number of aryl methyl sites for hydroxylation is 1. The Labute approximate surface area is 241 Å². The van der Waals surface area contributed by atoms with Gasteiger partial charge in [-0.1, -0.05) is 134 Å². The first kappa shape index (κ1) is 30.3. The van der Waals surface area contributed by atoms with Crippen molar-refractivity contribution in [2.45, 2.75) is 155 Å². The molecule has 2 heteroatoms. The molecule has 0 atom stereocenters. The smallest absolute Gasteiger partial charge is 0.159 e. The molecule has 4 rings (SSSR count). The molecule has 2 aliphatic rings. The Morgan fingerprint density at radius 3 is 1.62 bits per heavy atom. The van der Waals surface area contributed by atoms with E-state index in [-0.39, 0.29) is 0 Å². The summed E-state index contributed by atoms with van der Waals surface area (Å²) in [6, 6.07) is 9.20. The summed E-state index contributed by atoms with van der Waals surface area (Å²) in [6.07, 6.45) is 33.7. The van der Waals surface area contributed by atoms with Crippen molar-refractivity contribution in [3.63, 3.8) is 0 Å². The number of hydrogen-bond acceptors (Lipinski definition) is 2. The topological polar surface area (TPSA) is 25.8 Å². The Hall–Kier alpha value is -1.70. The average Bonchev–Trinajstić information content (AvgIpc) is 2.99. The molecular formula is C37H58N2. The van der Waals surface area contributed by atoms with E-state index in [1.54, 1.807) is 0 Å². The summed E-state index contributed by atoms with van der Waals surface area (Å²) < 4.78 is 0. The Kier molecular flexibility index (Phi) is 13.3. The van der Waals surface area contributed by atoms with Crippen molar-refractivity contribution in [2.75, 3.05) is 0 Å². The Morgan fingerprint density at radius 2 is 1.05 bits per heavy atom. The largest absolute Gasteiger partial charge is 0.236 e. The highest BCUT2D eigenvalue weighted by Crippen LogP contribution is 2.38. The minimum Gasteiger partial charge on any atom is -0.236 e. The minimum absolute atomic E-state index is 0.745. The van der Waals surface area contributed by atoms with Crippen LogP contribution < -0.4 is 0 Å². The summed E-state index contributed by atoms with van der Waals surface area (Å²) in [5.74, 6) is 4.51. The lowest BCUT2D eigenvalue weighted by Gasteiger charge is -2.29. The van der Waals surface area contributed by atoms with Crippen molar-refractivity contribution in [1.29, 1.82) is 0 Å². The predicted octanol–water partition coefficient (Wildman–Crippen LogP) is 11.5. The van der Waals surface area contributed by atoms with Crippen molar-refractivity contribution in [3.8, 4) is 11.4 Å². The molecule has 2 fully saturated rings. The van der Waals surface area contributed by atoms with E-state index in [9.17, 15) is 0 Å². The molecule has 0 spiro atoms. The molecule has 0 saturated heterocycles. The highest BCUT2D eigenvalue weighted by Gasteiger charge is 2.23. The first-order valence-corrected chi connectivity index (χ1v) is 17.2. The summed E-state index contributed by atoms with van der Waals surface area (Å²) >= 11 is 0. The number of benzene rings is 1. The van der Waals surface area contributed by atoms with Crippen LogP contribution in [0.3, 0.4) is 0 Å². The molecule has 0 unspecified atom stereocenters. The predicted molar refractivity (Wildman–Crippen MR) is 168 cm³/mol. The summed E-state index contributed by atoms with van der Waals surface area (Å²) in [5, 5.41) is 0. The normalized spacial score (nSPS) is 23.6. The molecular weight excluding hydrogens is 472 g/mol. The maximum atomic E-state index is 4.76. The second-order valence-electron chi connectivity index (χ2n) is 13.2. The number of unbranched alkanes of at least 4 members (excludes halogenated alkanes) is 7. The van der Waals surface area contributed by atoms with E-state index >= 15 is 0 Å². The zero-order valence-corrected chi connectivity index (χ0v) is 25.5. The Bertz CT molecular complexity index is 886. The van der Waals surface area contributed by atoms with E-state index in [0.29, 0.717) is 0 Å². The van der Waals surface area contributed by atoms with Crippen LogP contribution in [0.15, 0.2) is 36.7 Å². The van der Waals surface area contributed by atoms with Crippen molar-refractivity contribution in [1.82, 2.24) is 9.97 Å². The van der Waals surface area contributed by atoms with E-state index in [4.69, 9.17) is 9.97 Å². The molecule has 2 aromatic rings. The van der Waals surface area contributed by atoms with Gasteiger partial charge in [0.25, 0.3) is 0 Å². The molecule has 1 aromatic carbocycles. The molecule has 0 bridgehead atoms. The van der Waals surface area contributed by atoms with E-state index in [1.807, 2.05) is 0 Å². The summed E-state index contributed by atoms with van der Waals surface area (Å²) in [6.45, 7) is 4.61. The second-order valence-corrected chi connectivity index (χ2v) is 13.2. The molecule has 0 amide bonds. The molecule has 216 valence electrons. The van der Waals surface area contributed by atoms with Gasteiger partial charge in [-0.2, -0.15) is 0 Å². The molecule has 0 aliphatic heterocycles. The molecule has 2 nitrogen and oxygen atoms in total. The third kappa shape index (κ3) is 10.3. The molecule has 1 heterocycles. The van der Waals surface area contributed by atoms with Crippen LogP contribution >= 0.6 is 0 Å². The number of hydrogen-bond donors (Lipinski definition) is 0. The van der Waals surface area contributed by atoms with Crippen LogP contribution in [-0.4, -0.2) is 9.97 Å². The zero-order valence-electron chi connectivity index (χ0n) is 25.5. The fraction of sp³-hybridized carbons (Fsp3) is 0.730. The summed E-state index contributed by atoms with van der Waals surface area (Å²) in [4.78, 5) is 9.52. The van der Waals surface area contributed by atoms with Crippen LogP contribution in [0.2, 0.25) is 0 Å². The highest BCUT2D eigenvalue weighted by atomic mass is 14.9. The van der Waals surface area contributed by atoms with Gasteiger partial charge in [-0.15, -0.1) is 0 Å². The van der Waals surface area contributed by atoms with E-state index in [0.717, 1.165) is 41.5 Å². The van der Waals surface area contributed by atoms with Crippen LogP contribution in [0.25, 0.3) is 11.4 Å². The van der Waals surface area contributed by atoms with Gasteiger partial charge in [0.05, 0.1) is 0 Å². The lowest BCUT2D eigenvalue weighted by atomic mass is 9.77. The van der Waals surface area contributed by atoms with Crippen molar-refractivity contribution in [2.24, 2.45) is 17.8 Å². The monoisotopic (exact) mass is 530 g/mol. The second kappa shape index (κ2) is 17.2. The average molecular weight is 531 g/mol. The number of rotatable bonds is 16. The fourth-order valence-electron chi connectivity index (χ4n) is 7.40. The van der Waals surface area contributed by atoms with E-state index in [1.165, 1.54) is 140 Å². The minimum atomic E-state index is 0.745. The maximum Gasteiger partial charge on any atom is 0.159 e. The van der Waals surface area contributed by atoms with Gasteiger partial charge < -0.3 is 0 Å². The van der Waals surface area contributed by atoms with Crippen molar-refractivity contribution in [3.05, 3.63) is 47.8 Å². The van der Waals surface area contributed by atoms with Gasteiger partial charge in [0.1, 0.15) is 0 Å². The van der Waals surface area contributed by atoms with E-state index in [2.05, 4.69) is 50.5 Å². The quantitative estimate of drug-likeness (QED) is 0.202. The van der Waals surface area contributed by atoms with Gasteiger partial charge in [0.2, 0.25) is 0 Å². The third-order valence-electron chi connectivity index (χ3n) is 10.2.